The average Bonchev–Trinajstić information content (AvgIpc) is 2.34. The van der Waals surface area contributed by atoms with Crippen molar-refractivity contribution in [2.45, 2.75) is 18.9 Å². The number of amides is 1. The van der Waals surface area contributed by atoms with E-state index in [9.17, 15) is 9.59 Å². The highest BCUT2D eigenvalue weighted by Crippen LogP contribution is 2.17. The number of hydrogen-bond acceptors (Lipinski definition) is 4. The van der Waals surface area contributed by atoms with Crippen LogP contribution < -0.4 is 16.0 Å². The lowest BCUT2D eigenvalue weighted by Crippen LogP contribution is -2.30. The smallest absolute Gasteiger partial charge is 0.326 e. The third-order valence-corrected chi connectivity index (χ3v) is 2.70. The van der Waals surface area contributed by atoms with Gasteiger partial charge in [0.05, 0.1) is 0 Å². The maximum Gasteiger partial charge on any atom is 0.326 e. The Hall–Kier alpha value is -2.24. The minimum Gasteiger partial charge on any atom is -0.480 e. The van der Waals surface area contributed by atoms with E-state index >= 15 is 0 Å². The molecule has 0 aromatic heterocycles. The molecule has 1 amide bonds. The summed E-state index contributed by atoms with van der Waals surface area (Å²) >= 11 is 0. The minimum absolute atomic E-state index is 0.0414. The number of nitrogens with two attached hydrogens (primary N) is 1. The number of hydrogen-bond donors (Lipinski definition) is 3. The molecular weight excluding hydrogens is 246 g/mol. The fourth-order valence-corrected chi connectivity index (χ4v) is 1.60. The number of carbonyl (C=O) groups is 2. The van der Waals surface area contributed by atoms with E-state index in [2.05, 4.69) is 5.32 Å². The summed E-state index contributed by atoms with van der Waals surface area (Å²) in [5, 5.41) is 11.9. The maximum absolute atomic E-state index is 11.1. The van der Waals surface area contributed by atoms with Gasteiger partial charge in [0.25, 0.3) is 0 Å². The van der Waals surface area contributed by atoms with Crippen molar-refractivity contribution >= 4 is 23.3 Å². The molecule has 0 aliphatic rings. The predicted octanol–water partition coefficient (Wildman–Crippen LogP) is 0.883. The molecule has 0 radical (unpaired) electrons. The summed E-state index contributed by atoms with van der Waals surface area (Å²) in [5.41, 5.74) is 6.74. The first-order valence-corrected chi connectivity index (χ1v) is 5.95. The fraction of sp³-hybridized carbons (Fsp3) is 0.385. The summed E-state index contributed by atoms with van der Waals surface area (Å²) in [6.07, 6.45) is 0.208. The number of carboxylic acid groups (broad SMARTS) is 1. The quantitative estimate of drug-likeness (QED) is 0.680. The zero-order valence-electron chi connectivity index (χ0n) is 11.1. The number of benzene rings is 1. The number of rotatable bonds is 7. The summed E-state index contributed by atoms with van der Waals surface area (Å²) in [7, 11) is 3.85. The van der Waals surface area contributed by atoms with Gasteiger partial charge in [0.2, 0.25) is 5.91 Å². The van der Waals surface area contributed by atoms with Gasteiger partial charge in [-0.3, -0.25) is 4.79 Å². The molecule has 4 N–H and O–H groups in total. The van der Waals surface area contributed by atoms with Gasteiger partial charge in [-0.25, -0.2) is 4.79 Å². The lowest BCUT2D eigenvalue weighted by atomic mass is 10.1. The van der Waals surface area contributed by atoms with Crippen LogP contribution in [0.3, 0.4) is 0 Å². The summed E-state index contributed by atoms with van der Waals surface area (Å²) in [4.78, 5) is 23.7. The minimum atomic E-state index is -1.00. The van der Waals surface area contributed by atoms with Crippen LogP contribution >= 0.6 is 0 Å². The Kier molecular flexibility index (Phi) is 5.17. The summed E-state index contributed by atoms with van der Waals surface area (Å²) in [6.45, 7) is 0. The van der Waals surface area contributed by atoms with Crippen LogP contribution in [0, 0.1) is 0 Å². The van der Waals surface area contributed by atoms with E-state index in [0.29, 0.717) is 5.69 Å². The first-order chi connectivity index (χ1) is 8.90. The van der Waals surface area contributed by atoms with Crippen LogP contribution in [0.5, 0.6) is 0 Å². The van der Waals surface area contributed by atoms with Crippen molar-refractivity contribution in [3.8, 4) is 0 Å². The molecule has 0 unspecified atom stereocenters. The molecule has 0 heterocycles. The zero-order valence-corrected chi connectivity index (χ0v) is 11.1. The van der Waals surface area contributed by atoms with Crippen LogP contribution in [-0.4, -0.2) is 37.1 Å². The Morgan fingerprint density at radius 3 is 2.32 bits per heavy atom. The van der Waals surface area contributed by atoms with Crippen LogP contribution in [0.2, 0.25) is 0 Å². The molecule has 0 fully saturated rings. The second-order valence-electron chi connectivity index (χ2n) is 4.48. The molecule has 0 aliphatic heterocycles. The van der Waals surface area contributed by atoms with Crippen molar-refractivity contribution in [2.75, 3.05) is 24.3 Å². The van der Waals surface area contributed by atoms with E-state index in [1.54, 1.807) is 12.1 Å². The van der Waals surface area contributed by atoms with Crippen molar-refractivity contribution in [2.24, 2.45) is 5.73 Å². The molecule has 0 saturated heterocycles. The fourth-order valence-electron chi connectivity index (χ4n) is 1.60. The van der Waals surface area contributed by atoms with Crippen molar-refractivity contribution < 1.29 is 14.7 Å². The van der Waals surface area contributed by atoms with E-state index < -0.39 is 17.9 Å². The molecule has 0 aliphatic carbocycles. The van der Waals surface area contributed by atoms with Crippen molar-refractivity contribution in [1.29, 1.82) is 0 Å². The molecule has 19 heavy (non-hydrogen) atoms. The third-order valence-electron chi connectivity index (χ3n) is 2.70. The number of nitrogens with one attached hydrogen (secondary N) is 1. The van der Waals surface area contributed by atoms with Gasteiger partial charge < -0.3 is 21.1 Å². The first-order valence-electron chi connectivity index (χ1n) is 5.95. The van der Waals surface area contributed by atoms with Gasteiger partial charge >= 0.3 is 5.97 Å². The van der Waals surface area contributed by atoms with Crippen LogP contribution in [0.15, 0.2) is 24.3 Å². The molecule has 1 aromatic carbocycles. The highest BCUT2D eigenvalue weighted by atomic mass is 16.4. The summed E-state index contributed by atoms with van der Waals surface area (Å²) in [6, 6.07) is 6.55. The second kappa shape index (κ2) is 6.63. The Morgan fingerprint density at radius 1 is 1.32 bits per heavy atom. The Bertz CT molecular complexity index is 443. The number of primary amides is 1. The number of carbonyl (C=O) groups excluding carboxylic acids is 1. The molecule has 1 aromatic rings. The largest absolute Gasteiger partial charge is 0.480 e. The Labute approximate surface area is 112 Å². The van der Waals surface area contributed by atoms with Crippen LogP contribution in [-0.2, 0) is 9.59 Å². The van der Waals surface area contributed by atoms with Crippen LogP contribution in [0.1, 0.15) is 12.8 Å². The molecule has 0 saturated carbocycles. The average molecular weight is 265 g/mol. The van der Waals surface area contributed by atoms with Gasteiger partial charge in [0.15, 0.2) is 0 Å². The molecule has 1 atom stereocenters. The van der Waals surface area contributed by atoms with Gasteiger partial charge in [-0.2, -0.15) is 0 Å². The van der Waals surface area contributed by atoms with E-state index in [4.69, 9.17) is 10.8 Å². The van der Waals surface area contributed by atoms with E-state index in [1.807, 2.05) is 31.1 Å². The van der Waals surface area contributed by atoms with E-state index in [1.165, 1.54) is 0 Å². The van der Waals surface area contributed by atoms with Gasteiger partial charge in [-0.15, -0.1) is 0 Å². The maximum atomic E-state index is 11.1. The highest BCUT2D eigenvalue weighted by Gasteiger charge is 2.17. The lowest BCUT2D eigenvalue weighted by molar-refractivity contribution is -0.138. The number of anilines is 2. The van der Waals surface area contributed by atoms with Gasteiger partial charge in [0, 0.05) is 31.9 Å². The molecule has 1 rings (SSSR count). The SMILES string of the molecule is CN(C)c1ccc(N[C@@H](CCC(N)=O)C(=O)O)cc1. The van der Waals surface area contributed by atoms with Crippen molar-refractivity contribution in [3.05, 3.63) is 24.3 Å². The van der Waals surface area contributed by atoms with Crippen molar-refractivity contribution in [1.82, 2.24) is 0 Å². The van der Waals surface area contributed by atoms with Gasteiger partial charge in [-0.05, 0) is 30.7 Å². The third kappa shape index (κ3) is 4.87. The standard InChI is InChI=1S/C13H19N3O3/c1-16(2)10-5-3-9(4-6-10)15-11(13(18)19)7-8-12(14)17/h3-6,11,15H,7-8H2,1-2H3,(H2,14,17)(H,18,19)/t11-/m0/s1. The molecular formula is C13H19N3O3. The molecule has 0 bridgehead atoms. The normalized spacial score (nSPS) is 11.7. The summed E-state index contributed by atoms with van der Waals surface area (Å²) in [5.74, 6) is -1.51. The number of nitrogens with zero attached hydrogens (tertiary/aromatic N) is 1. The Morgan fingerprint density at radius 2 is 1.89 bits per heavy atom. The van der Waals surface area contributed by atoms with Gasteiger partial charge in [0.1, 0.15) is 6.04 Å². The predicted molar refractivity (Wildman–Crippen MR) is 74.2 cm³/mol. The lowest BCUT2D eigenvalue weighted by Gasteiger charge is -2.17. The van der Waals surface area contributed by atoms with E-state index in [-0.39, 0.29) is 12.8 Å². The molecule has 104 valence electrons. The molecule has 6 heteroatoms. The Balaban J connectivity index is 2.68. The van der Waals surface area contributed by atoms with Crippen LogP contribution in [0.4, 0.5) is 11.4 Å². The number of carboxylic acids is 1. The van der Waals surface area contributed by atoms with Crippen LogP contribution in [0.25, 0.3) is 0 Å². The topological polar surface area (TPSA) is 95.7 Å². The van der Waals surface area contributed by atoms with E-state index in [0.717, 1.165) is 5.69 Å². The molecule has 0 spiro atoms. The first kappa shape index (κ1) is 14.8. The highest BCUT2D eigenvalue weighted by molar-refractivity contribution is 5.79. The number of aliphatic carboxylic acids is 1. The van der Waals surface area contributed by atoms with Crippen molar-refractivity contribution in [3.63, 3.8) is 0 Å². The second-order valence-corrected chi connectivity index (χ2v) is 4.48. The summed E-state index contributed by atoms with van der Waals surface area (Å²) < 4.78 is 0. The zero-order chi connectivity index (χ0) is 14.4. The monoisotopic (exact) mass is 265 g/mol. The molecule has 6 nitrogen and oxygen atoms in total. The van der Waals surface area contributed by atoms with Gasteiger partial charge in [-0.1, -0.05) is 0 Å².